The average Bonchev–Trinajstić information content (AvgIpc) is 2.85. The minimum absolute atomic E-state index is 0.109. The lowest BCUT2D eigenvalue weighted by molar-refractivity contribution is 0.000797. The number of ether oxygens (including phenoxy) is 1. The molecule has 35 heavy (non-hydrogen) atoms. The molecular formula is C28H30FN3O3. The Bertz CT molecular complexity index is 1200. The number of nitrogens with zero attached hydrogens (tertiary/aromatic N) is 2. The molecule has 1 saturated heterocycles. The van der Waals surface area contributed by atoms with E-state index in [1.165, 1.54) is 18.2 Å². The minimum Gasteiger partial charge on any atom is -0.446 e. The van der Waals surface area contributed by atoms with Gasteiger partial charge in [-0.3, -0.25) is 4.79 Å². The molecule has 1 aromatic heterocycles. The van der Waals surface area contributed by atoms with Gasteiger partial charge < -0.3 is 14.6 Å². The van der Waals surface area contributed by atoms with Gasteiger partial charge in [0.1, 0.15) is 11.9 Å². The molecule has 0 spiro atoms. The summed E-state index contributed by atoms with van der Waals surface area (Å²) in [4.78, 5) is 28.1. The van der Waals surface area contributed by atoms with E-state index < -0.39 is 5.41 Å². The fraction of sp³-hybridized carbons (Fsp3) is 0.321. The number of aromatic nitrogens is 1. The highest BCUT2D eigenvalue weighted by Crippen LogP contribution is 2.31. The number of amides is 1. The molecule has 1 aliphatic heterocycles. The van der Waals surface area contributed by atoms with Gasteiger partial charge in [0, 0.05) is 31.6 Å². The van der Waals surface area contributed by atoms with E-state index in [4.69, 9.17) is 4.74 Å². The predicted octanol–water partition coefficient (Wildman–Crippen LogP) is 6.08. The Hall–Kier alpha value is -3.92. The van der Waals surface area contributed by atoms with Crippen LogP contribution in [0.2, 0.25) is 0 Å². The van der Waals surface area contributed by atoms with Crippen LogP contribution in [0.5, 0.6) is 0 Å². The first-order valence-corrected chi connectivity index (χ1v) is 11.6. The van der Waals surface area contributed by atoms with Crippen LogP contribution in [-0.2, 0) is 4.74 Å². The van der Waals surface area contributed by atoms with Crippen molar-refractivity contribution < 1.29 is 13.9 Å². The highest BCUT2D eigenvalue weighted by atomic mass is 19.1. The first-order chi connectivity index (χ1) is 16.7. The lowest BCUT2D eigenvalue weighted by Gasteiger charge is -2.37. The first kappa shape index (κ1) is 25.7. The molecule has 6 nitrogen and oxygen atoms in total. The number of nitrogens with one attached hydrogen (secondary N) is 1. The highest BCUT2D eigenvalue weighted by molar-refractivity contribution is 5.69. The van der Waals surface area contributed by atoms with Crippen LogP contribution in [0.15, 0.2) is 77.7 Å². The number of aromatic amines is 1. The first-order valence-electron chi connectivity index (χ1n) is 11.6. The van der Waals surface area contributed by atoms with Gasteiger partial charge in [0.2, 0.25) is 5.56 Å². The molecule has 2 heterocycles. The zero-order valence-corrected chi connectivity index (χ0v) is 20.2. The number of hydrogen-bond donors (Lipinski definition) is 1. The summed E-state index contributed by atoms with van der Waals surface area (Å²) in [6.07, 6.45) is 2.41. The summed E-state index contributed by atoms with van der Waals surface area (Å²) in [6.45, 7) is 6.31. The van der Waals surface area contributed by atoms with Crippen LogP contribution in [0.1, 0.15) is 45.2 Å². The number of carbonyl (C=O) groups is 1. The fourth-order valence-electron chi connectivity index (χ4n) is 3.89. The summed E-state index contributed by atoms with van der Waals surface area (Å²) in [7, 11) is 0. The third-order valence-corrected chi connectivity index (χ3v) is 5.95. The van der Waals surface area contributed by atoms with Gasteiger partial charge in [0.15, 0.2) is 0 Å². The Morgan fingerprint density at radius 2 is 1.74 bits per heavy atom. The number of cyclic esters (lactones) is 1. The van der Waals surface area contributed by atoms with Crippen molar-refractivity contribution in [2.75, 3.05) is 6.54 Å². The SMILES string of the molecule is CC(c1ccc(-c2ccc(=O)[nH]c2)cc1)N1CCC(CC(C)(C)C#N)OC1=O.Fc1ccccc1. The quantitative estimate of drug-likeness (QED) is 0.485. The van der Waals surface area contributed by atoms with Crippen LogP contribution >= 0.6 is 0 Å². The molecule has 1 amide bonds. The number of pyridine rings is 1. The second-order valence-corrected chi connectivity index (χ2v) is 9.22. The molecule has 7 heteroatoms. The Morgan fingerprint density at radius 3 is 2.26 bits per heavy atom. The maximum absolute atomic E-state index is 12.5. The largest absolute Gasteiger partial charge is 0.446 e. The van der Waals surface area contributed by atoms with E-state index in [2.05, 4.69) is 11.1 Å². The average molecular weight is 476 g/mol. The molecule has 3 aromatic rings. The topological polar surface area (TPSA) is 86.2 Å². The second-order valence-electron chi connectivity index (χ2n) is 9.22. The van der Waals surface area contributed by atoms with Gasteiger partial charge in [-0.25, -0.2) is 9.18 Å². The molecule has 0 bridgehead atoms. The molecule has 1 fully saturated rings. The van der Waals surface area contributed by atoms with Crippen molar-refractivity contribution in [3.8, 4) is 17.2 Å². The van der Waals surface area contributed by atoms with Crippen LogP contribution in [0, 0.1) is 22.6 Å². The number of hydrogen-bond acceptors (Lipinski definition) is 4. The number of carbonyl (C=O) groups excluding carboxylic acids is 1. The van der Waals surface area contributed by atoms with Gasteiger partial charge in [-0.05, 0) is 55.7 Å². The van der Waals surface area contributed by atoms with E-state index in [9.17, 15) is 19.2 Å². The van der Waals surface area contributed by atoms with E-state index in [1.807, 2.05) is 45.0 Å². The van der Waals surface area contributed by atoms with Crippen molar-refractivity contribution in [3.63, 3.8) is 0 Å². The lowest BCUT2D eigenvalue weighted by Crippen LogP contribution is -2.44. The van der Waals surface area contributed by atoms with Gasteiger partial charge in [0.25, 0.3) is 0 Å². The zero-order valence-electron chi connectivity index (χ0n) is 20.2. The molecule has 0 radical (unpaired) electrons. The fourth-order valence-corrected chi connectivity index (χ4v) is 3.89. The summed E-state index contributed by atoms with van der Waals surface area (Å²) in [6, 6.07) is 21.3. The van der Waals surface area contributed by atoms with Gasteiger partial charge in [-0.15, -0.1) is 0 Å². The molecule has 0 aliphatic carbocycles. The van der Waals surface area contributed by atoms with Crippen LogP contribution in [0.3, 0.4) is 0 Å². The molecule has 0 saturated carbocycles. The van der Waals surface area contributed by atoms with Crippen LogP contribution in [0.25, 0.3) is 11.1 Å². The Kier molecular flexibility index (Phi) is 8.43. The van der Waals surface area contributed by atoms with Gasteiger partial charge in [0.05, 0.1) is 17.5 Å². The molecule has 182 valence electrons. The van der Waals surface area contributed by atoms with Crippen LogP contribution < -0.4 is 5.56 Å². The zero-order chi connectivity index (χ0) is 25.4. The van der Waals surface area contributed by atoms with Crippen molar-refractivity contribution in [1.29, 1.82) is 5.26 Å². The molecule has 2 aromatic carbocycles. The van der Waals surface area contributed by atoms with Crippen molar-refractivity contribution in [1.82, 2.24) is 9.88 Å². The van der Waals surface area contributed by atoms with E-state index in [-0.39, 0.29) is 29.6 Å². The third-order valence-electron chi connectivity index (χ3n) is 5.95. The van der Waals surface area contributed by atoms with Gasteiger partial charge in [-0.2, -0.15) is 5.26 Å². The molecule has 1 N–H and O–H groups in total. The van der Waals surface area contributed by atoms with Gasteiger partial charge >= 0.3 is 6.09 Å². The normalized spacial score (nSPS) is 16.4. The summed E-state index contributed by atoms with van der Waals surface area (Å²) in [5.74, 6) is -0.178. The number of nitriles is 1. The van der Waals surface area contributed by atoms with Crippen molar-refractivity contribution in [2.24, 2.45) is 5.41 Å². The standard InChI is InChI=1S/C22H25N3O3.C6H5F/c1-15(25-11-10-19(28-21(25)27)12-22(2,3)14-23)16-4-6-17(7-5-16)18-8-9-20(26)24-13-18;7-6-4-2-1-3-5-6/h4-9,13,15,19H,10-12H2,1-3H3,(H,24,26);1-5H. The number of rotatable bonds is 5. The molecule has 2 unspecified atom stereocenters. The maximum atomic E-state index is 12.5. The van der Waals surface area contributed by atoms with Crippen LogP contribution in [-0.4, -0.2) is 28.6 Å². The predicted molar refractivity (Wildman–Crippen MR) is 133 cm³/mol. The van der Waals surface area contributed by atoms with Crippen molar-refractivity contribution in [2.45, 2.75) is 45.8 Å². The van der Waals surface area contributed by atoms with E-state index >= 15 is 0 Å². The summed E-state index contributed by atoms with van der Waals surface area (Å²) in [5.41, 5.74) is 2.30. The minimum atomic E-state index is -0.504. The lowest BCUT2D eigenvalue weighted by atomic mass is 9.87. The molecule has 1 aliphatic rings. The number of benzene rings is 2. The van der Waals surface area contributed by atoms with E-state index in [0.717, 1.165) is 23.1 Å². The number of H-pyrrole nitrogens is 1. The van der Waals surface area contributed by atoms with Crippen LogP contribution in [0.4, 0.5) is 9.18 Å². The summed E-state index contributed by atoms with van der Waals surface area (Å²) >= 11 is 0. The van der Waals surface area contributed by atoms with Crippen molar-refractivity contribution >= 4 is 6.09 Å². The Balaban J connectivity index is 0.000000420. The molecule has 2 atom stereocenters. The molecule has 4 rings (SSSR count). The second kappa shape index (κ2) is 11.5. The highest BCUT2D eigenvalue weighted by Gasteiger charge is 2.34. The smallest absolute Gasteiger partial charge is 0.410 e. The maximum Gasteiger partial charge on any atom is 0.410 e. The monoisotopic (exact) mass is 475 g/mol. The Morgan fingerprint density at radius 1 is 1.09 bits per heavy atom. The van der Waals surface area contributed by atoms with Gasteiger partial charge in [-0.1, -0.05) is 42.5 Å². The summed E-state index contributed by atoms with van der Waals surface area (Å²) < 4.78 is 17.5. The Labute approximate surface area is 205 Å². The van der Waals surface area contributed by atoms with E-state index in [1.54, 1.807) is 35.4 Å². The number of halogens is 1. The van der Waals surface area contributed by atoms with E-state index in [0.29, 0.717) is 13.0 Å². The molecular weight excluding hydrogens is 445 g/mol. The summed E-state index contributed by atoms with van der Waals surface area (Å²) in [5, 5.41) is 9.18. The third kappa shape index (κ3) is 7.28. The van der Waals surface area contributed by atoms with Crippen molar-refractivity contribution in [3.05, 3.63) is 94.7 Å².